The van der Waals surface area contributed by atoms with Gasteiger partial charge >= 0.3 is 6.03 Å². The van der Waals surface area contributed by atoms with Crippen LogP contribution in [-0.4, -0.2) is 37.3 Å². The van der Waals surface area contributed by atoms with Gasteiger partial charge in [-0.15, -0.1) is 0 Å². The average Bonchev–Trinajstić information content (AvgIpc) is 2.67. The Balaban J connectivity index is 1.59. The molecule has 0 spiro atoms. The maximum Gasteiger partial charge on any atom is 0.315 e. The summed E-state index contributed by atoms with van der Waals surface area (Å²) in [5, 5.41) is 6.47. The van der Waals surface area contributed by atoms with Gasteiger partial charge < -0.3 is 20.3 Å². The molecule has 1 aliphatic heterocycles. The molecule has 6 nitrogen and oxygen atoms in total. The monoisotopic (exact) mass is 374 g/mol. The van der Waals surface area contributed by atoms with Crippen molar-refractivity contribution in [2.75, 3.05) is 31.2 Å². The van der Waals surface area contributed by atoms with E-state index in [2.05, 4.69) is 20.5 Å². The highest BCUT2D eigenvalue weighted by Crippen LogP contribution is 2.22. The number of ether oxygens (including phenoxy) is 1. The maximum absolute atomic E-state index is 12.3. The molecule has 0 radical (unpaired) electrons. The second kappa shape index (κ2) is 8.87. The van der Waals surface area contributed by atoms with Gasteiger partial charge in [-0.3, -0.25) is 0 Å². The lowest BCUT2D eigenvalue weighted by Crippen LogP contribution is -2.39. The number of urea groups is 1. The predicted molar refractivity (Wildman–Crippen MR) is 103 cm³/mol. The van der Waals surface area contributed by atoms with Crippen molar-refractivity contribution < 1.29 is 9.53 Å². The van der Waals surface area contributed by atoms with Crippen LogP contribution in [0.4, 0.5) is 10.6 Å². The Bertz CT molecular complexity index is 750. The van der Waals surface area contributed by atoms with Crippen LogP contribution in [0.15, 0.2) is 42.6 Å². The molecule has 138 valence electrons. The Morgan fingerprint density at radius 2 is 2.04 bits per heavy atom. The summed E-state index contributed by atoms with van der Waals surface area (Å²) >= 11 is 6.19. The lowest BCUT2D eigenvalue weighted by molar-refractivity contribution is 0.122. The molecule has 0 aliphatic carbocycles. The first-order valence-electron chi connectivity index (χ1n) is 8.70. The number of nitrogens with zero attached hydrogens (tertiary/aromatic N) is 2. The predicted octanol–water partition coefficient (Wildman–Crippen LogP) is 3.13. The highest BCUT2D eigenvalue weighted by Gasteiger charge is 2.17. The lowest BCUT2D eigenvalue weighted by Gasteiger charge is -2.29. The maximum atomic E-state index is 12.3. The van der Waals surface area contributed by atoms with Crippen LogP contribution in [0.1, 0.15) is 24.1 Å². The third kappa shape index (κ3) is 4.65. The van der Waals surface area contributed by atoms with Crippen LogP contribution in [0.2, 0.25) is 5.02 Å². The van der Waals surface area contributed by atoms with Gasteiger partial charge in [0.05, 0.1) is 19.3 Å². The molecule has 0 bridgehead atoms. The normalized spacial score (nSPS) is 15.4. The highest BCUT2D eigenvalue weighted by molar-refractivity contribution is 6.31. The Labute approximate surface area is 158 Å². The molecule has 1 fully saturated rings. The fourth-order valence-corrected chi connectivity index (χ4v) is 3.25. The number of morpholine rings is 1. The molecule has 0 saturated carbocycles. The summed E-state index contributed by atoms with van der Waals surface area (Å²) in [6.45, 7) is 5.31. The van der Waals surface area contributed by atoms with E-state index in [0.29, 0.717) is 24.8 Å². The fraction of sp³-hybridized carbons (Fsp3) is 0.368. The molecule has 1 unspecified atom stereocenters. The summed E-state index contributed by atoms with van der Waals surface area (Å²) in [6.07, 6.45) is 1.77. The molecule has 2 amide bonds. The molecule has 1 aromatic carbocycles. The summed E-state index contributed by atoms with van der Waals surface area (Å²) in [6, 6.07) is 10.9. The first kappa shape index (κ1) is 18.5. The minimum atomic E-state index is -0.241. The third-order valence-corrected chi connectivity index (χ3v) is 4.68. The molecule has 2 aromatic rings. The molecule has 26 heavy (non-hydrogen) atoms. The van der Waals surface area contributed by atoms with E-state index in [9.17, 15) is 4.79 Å². The number of amides is 2. The van der Waals surface area contributed by atoms with Gasteiger partial charge in [0.15, 0.2) is 0 Å². The summed E-state index contributed by atoms with van der Waals surface area (Å²) in [4.78, 5) is 18.9. The van der Waals surface area contributed by atoms with Gasteiger partial charge in [0, 0.05) is 36.4 Å². The number of hydrogen-bond donors (Lipinski definition) is 2. The first-order valence-corrected chi connectivity index (χ1v) is 9.08. The minimum absolute atomic E-state index is 0.184. The van der Waals surface area contributed by atoms with Gasteiger partial charge in [-0.25, -0.2) is 9.78 Å². The molecule has 7 heteroatoms. The molecule has 1 aliphatic rings. The number of carbonyl (C=O) groups excluding carboxylic acids is 1. The van der Waals surface area contributed by atoms with Gasteiger partial charge in [0.2, 0.25) is 0 Å². The Morgan fingerprint density at radius 1 is 1.27 bits per heavy atom. The number of rotatable bonds is 5. The van der Waals surface area contributed by atoms with E-state index >= 15 is 0 Å². The van der Waals surface area contributed by atoms with Crippen LogP contribution >= 0.6 is 11.6 Å². The van der Waals surface area contributed by atoms with Crippen molar-refractivity contribution in [3.05, 3.63) is 58.7 Å². The molecule has 2 N–H and O–H groups in total. The van der Waals surface area contributed by atoms with Crippen LogP contribution in [0.25, 0.3) is 0 Å². The van der Waals surface area contributed by atoms with Gasteiger partial charge in [0.1, 0.15) is 5.82 Å². The van der Waals surface area contributed by atoms with Crippen molar-refractivity contribution in [2.24, 2.45) is 0 Å². The average molecular weight is 375 g/mol. The SMILES string of the molecule is CC(NC(=O)NCc1cccnc1N1CCOCC1)c1ccccc1Cl. The zero-order chi connectivity index (χ0) is 18.4. The number of benzene rings is 1. The molecule has 2 heterocycles. The Kier molecular flexibility index (Phi) is 6.30. The number of hydrogen-bond acceptors (Lipinski definition) is 4. The standard InChI is InChI=1S/C19H23ClN4O2/c1-14(16-6-2-3-7-17(16)20)23-19(25)22-13-15-5-4-8-21-18(15)24-9-11-26-12-10-24/h2-8,14H,9-13H2,1H3,(H2,22,23,25). The van der Waals surface area contributed by atoms with E-state index in [0.717, 1.165) is 30.0 Å². The van der Waals surface area contributed by atoms with E-state index < -0.39 is 0 Å². The summed E-state index contributed by atoms with van der Waals surface area (Å²) < 4.78 is 5.39. The number of nitrogens with one attached hydrogen (secondary N) is 2. The minimum Gasteiger partial charge on any atom is -0.378 e. The van der Waals surface area contributed by atoms with Gasteiger partial charge in [-0.1, -0.05) is 35.9 Å². The second-order valence-corrected chi connectivity index (χ2v) is 6.56. The number of aromatic nitrogens is 1. The number of anilines is 1. The van der Waals surface area contributed by atoms with Crippen molar-refractivity contribution >= 4 is 23.4 Å². The molecule has 1 aromatic heterocycles. The zero-order valence-corrected chi connectivity index (χ0v) is 15.5. The molecule has 1 saturated heterocycles. The molecule has 3 rings (SSSR count). The number of pyridine rings is 1. The van der Waals surface area contributed by atoms with Crippen LogP contribution in [0.5, 0.6) is 0 Å². The summed E-state index contributed by atoms with van der Waals surface area (Å²) in [5.41, 5.74) is 1.87. The number of halogens is 1. The van der Waals surface area contributed by atoms with Crippen LogP contribution in [-0.2, 0) is 11.3 Å². The van der Waals surface area contributed by atoms with Crippen molar-refractivity contribution in [3.8, 4) is 0 Å². The summed E-state index contributed by atoms with van der Waals surface area (Å²) in [7, 11) is 0. The molecular weight excluding hydrogens is 352 g/mol. The first-order chi connectivity index (χ1) is 12.6. The van der Waals surface area contributed by atoms with Gasteiger partial charge in [-0.2, -0.15) is 0 Å². The van der Waals surface area contributed by atoms with E-state index in [1.54, 1.807) is 6.20 Å². The lowest BCUT2D eigenvalue weighted by atomic mass is 10.1. The highest BCUT2D eigenvalue weighted by atomic mass is 35.5. The largest absolute Gasteiger partial charge is 0.378 e. The van der Waals surface area contributed by atoms with Gasteiger partial charge in [-0.05, 0) is 24.6 Å². The Morgan fingerprint density at radius 3 is 2.81 bits per heavy atom. The van der Waals surface area contributed by atoms with E-state index in [-0.39, 0.29) is 12.1 Å². The zero-order valence-electron chi connectivity index (χ0n) is 14.7. The van der Waals surface area contributed by atoms with Crippen molar-refractivity contribution in [2.45, 2.75) is 19.5 Å². The smallest absolute Gasteiger partial charge is 0.315 e. The fourth-order valence-electron chi connectivity index (χ4n) is 2.96. The second-order valence-electron chi connectivity index (χ2n) is 6.16. The van der Waals surface area contributed by atoms with E-state index in [4.69, 9.17) is 16.3 Å². The van der Waals surface area contributed by atoms with E-state index in [1.165, 1.54) is 0 Å². The quantitative estimate of drug-likeness (QED) is 0.843. The van der Waals surface area contributed by atoms with Crippen LogP contribution in [0.3, 0.4) is 0 Å². The van der Waals surface area contributed by atoms with E-state index in [1.807, 2.05) is 43.3 Å². The summed E-state index contributed by atoms with van der Waals surface area (Å²) in [5.74, 6) is 0.898. The van der Waals surface area contributed by atoms with Crippen molar-refractivity contribution in [3.63, 3.8) is 0 Å². The third-order valence-electron chi connectivity index (χ3n) is 4.34. The van der Waals surface area contributed by atoms with Crippen LogP contribution < -0.4 is 15.5 Å². The molecule has 1 atom stereocenters. The number of carbonyl (C=O) groups is 1. The molecular formula is C19H23ClN4O2. The van der Waals surface area contributed by atoms with Crippen LogP contribution in [0, 0.1) is 0 Å². The van der Waals surface area contributed by atoms with Crippen molar-refractivity contribution in [1.82, 2.24) is 15.6 Å². The Hall–Kier alpha value is -2.31. The van der Waals surface area contributed by atoms with Gasteiger partial charge in [0.25, 0.3) is 0 Å². The topological polar surface area (TPSA) is 66.5 Å². The van der Waals surface area contributed by atoms with Crippen molar-refractivity contribution in [1.29, 1.82) is 0 Å².